The quantitative estimate of drug-likeness (QED) is 0.629. The first-order valence-electron chi connectivity index (χ1n) is 10.2. The number of hydrogen-bond donors (Lipinski definition) is 2. The summed E-state index contributed by atoms with van der Waals surface area (Å²) in [5.74, 6) is 0.621. The first kappa shape index (κ1) is 24.1. The molecule has 0 aliphatic rings. The van der Waals surface area contributed by atoms with Gasteiger partial charge in [0.15, 0.2) is 0 Å². The number of anilines is 1. The van der Waals surface area contributed by atoms with Gasteiger partial charge in [-0.1, -0.05) is 52.0 Å². The number of benzene rings is 2. The van der Waals surface area contributed by atoms with Gasteiger partial charge in [-0.3, -0.25) is 4.79 Å². The Balaban J connectivity index is 1.99. The molecule has 0 aliphatic carbocycles. The lowest BCUT2D eigenvalue weighted by Crippen LogP contribution is -2.33. The fraction of sp³-hybridized carbons (Fsp3) is 0.435. The van der Waals surface area contributed by atoms with Crippen molar-refractivity contribution in [3.05, 3.63) is 59.7 Å². The summed E-state index contributed by atoms with van der Waals surface area (Å²) in [4.78, 5) is 12.6. The van der Waals surface area contributed by atoms with Crippen molar-refractivity contribution in [2.24, 2.45) is 5.92 Å². The van der Waals surface area contributed by atoms with Crippen molar-refractivity contribution in [3.8, 4) is 0 Å². The van der Waals surface area contributed by atoms with Gasteiger partial charge in [0.1, 0.15) is 0 Å². The summed E-state index contributed by atoms with van der Waals surface area (Å²) in [6, 6.07) is 14.8. The molecule has 7 heteroatoms. The summed E-state index contributed by atoms with van der Waals surface area (Å²) in [6.45, 7) is 8.73. The van der Waals surface area contributed by atoms with Crippen LogP contribution in [0.15, 0.2) is 53.4 Å². The minimum atomic E-state index is -3.48. The van der Waals surface area contributed by atoms with E-state index < -0.39 is 10.0 Å². The van der Waals surface area contributed by atoms with E-state index in [1.165, 1.54) is 31.8 Å². The van der Waals surface area contributed by atoms with Crippen molar-refractivity contribution in [2.45, 2.75) is 44.6 Å². The standard InChI is InChI=1S/C23H33N3O3S/c1-16(2)18-7-9-19(10-8-18)23(17(3)4)24-15-22(27)25-20-11-13-21(14-12-20)30(28,29)26(5)6/h7-14,16-17,23-24H,15H2,1-6H3,(H,25,27)/t23-/m1/s1. The molecule has 0 radical (unpaired) electrons. The van der Waals surface area contributed by atoms with E-state index in [1.54, 1.807) is 12.1 Å². The molecule has 0 fully saturated rings. The highest BCUT2D eigenvalue weighted by atomic mass is 32.2. The second kappa shape index (κ2) is 10.2. The average Bonchev–Trinajstić information content (AvgIpc) is 2.68. The number of hydrogen-bond acceptors (Lipinski definition) is 4. The molecule has 0 heterocycles. The average molecular weight is 432 g/mol. The van der Waals surface area contributed by atoms with E-state index in [0.717, 1.165) is 9.87 Å². The summed E-state index contributed by atoms with van der Waals surface area (Å²) < 4.78 is 25.4. The molecule has 0 saturated heterocycles. The summed E-state index contributed by atoms with van der Waals surface area (Å²) in [7, 11) is -0.515. The Labute approximate surface area is 180 Å². The molecule has 2 aromatic rings. The SMILES string of the molecule is CC(C)c1ccc([C@H](NCC(=O)Nc2ccc(S(=O)(=O)N(C)C)cc2)C(C)C)cc1. The minimum Gasteiger partial charge on any atom is -0.325 e. The number of carbonyl (C=O) groups is 1. The van der Waals surface area contributed by atoms with Crippen LogP contribution in [0.25, 0.3) is 0 Å². The Hall–Kier alpha value is -2.22. The maximum Gasteiger partial charge on any atom is 0.242 e. The maximum atomic E-state index is 12.4. The van der Waals surface area contributed by atoms with Crippen LogP contribution < -0.4 is 10.6 Å². The maximum absolute atomic E-state index is 12.4. The van der Waals surface area contributed by atoms with Crippen molar-refractivity contribution in [2.75, 3.05) is 26.0 Å². The van der Waals surface area contributed by atoms with Crippen LogP contribution in [0, 0.1) is 5.92 Å². The van der Waals surface area contributed by atoms with Crippen molar-refractivity contribution < 1.29 is 13.2 Å². The first-order valence-corrected chi connectivity index (χ1v) is 11.6. The van der Waals surface area contributed by atoms with Gasteiger partial charge in [0.25, 0.3) is 0 Å². The molecular formula is C23H33N3O3S. The van der Waals surface area contributed by atoms with Crippen LogP contribution >= 0.6 is 0 Å². The van der Waals surface area contributed by atoms with Crippen molar-refractivity contribution in [3.63, 3.8) is 0 Å². The lowest BCUT2D eigenvalue weighted by atomic mass is 9.93. The Morgan fingerprint density at radius 2 is 1.43 bits per heavy atom. The monoisotopic (exact) mass is 431 g/mol. The number of nitrogens with zero attached hydrogens (tertiary/aromatic N) is 1. The van der Waals surface area contributed by atoms with Crippen LogP contribution in [0.1, 0.15) is 50.8 Å². The van der Waals surface area contributed by atoms with Crippen LogP contribution in [0.5, 0.6) is 0 Å². The fourth-order valence-electron chi connectivity index (χ4n) is 3.16. The van der Waals surface area contributed by atoms with Crippen LogP contribution in [0.2, 0.25) is 0 Å². The van der Waals surface area contributed by atoms with E-state index in [0.29, 0.717) is 17.5 Å². The molecule has 1 amide bonds. The molecule has 0 bridgehead atoms. The summed E-state index contributed by atoms with van der Waals surface area (Å²) in [6.07, 6.45) is 0. The second-order valence-electron chi connectivity index (χ2n) is 8.28. The Morgan fingerprint density at radius 1 is 0.900 bits per heavy atom. The molecule has 2 rings (SSSR count). The first-order chi connectivity index (χ1) is 14.0. The topological polar surface area (TPSA) is 78.5 Å². The highest BCUT2D eigenvalue weighted by molar-refractivity contribution is 7.89. The number of sulfonamides is 1. The molecule has 30 heavy (non-hydrogen) atoms. The van der Waals surface area contributed by atoms with Crippen LogP contribution in [0.4, 0.5) is 5.69 Å². The smallest absolute Gasteiger partial charge is 0.242 e. The largest absolute Gasteiger partial charge is 0.325 e. The molecule has 6 nitrogen and oxygen atoms in total. The Kier molecular flexibility index (Phi) is 8.18. The van der Waals surface area contributed by atoms with E-state index in [9.17, 15) is 13.2 Å². The number of amides is 1. The lowest BCUT2D eigenvalue weighted by molar-refractivity contribution is -0.115. The molecular weight excluding hydrogens is 398 g/mol. The van der Waals surface area contributed by atoms with Gasteiger partial charge in [0.2, 0.25) is 15.9 Å². The highest BCUT2D eigenvalue weighted by Gasteiger charge is 2.18. The third kappa shape index (κ3) is 6.14. The van der Waals surface area contributed by atoms with Gasteiger partial charge in [0, 0.05) is 25.8 Å². The van der Waals surface area contributed by atoms with Gasteiger partial charge in [-0.05, 0) is 47.2 Å². The van der Waals surface area contributed by atoms with Crippen LogP contribution in [-0.2, 0) is 14.8 Å². The predicted octanol–water partition coefficient (Wildman–Crippen LogP) is 3.99. The third-order valence-corrected chi connectivity index (χ3v) is 6.86. The van der Waals surface area contributed by atoms with Gasteiger partial charge in [0.05, 0.1) is 11.4 Å². The molecule has 2 N–H and O–H groups in total. The molecule has 0 aliphatic heterocycles. The van der Waals surface area contributed by atoms with Crippen LogP contribution in [-0.4, -0.2) is 39.3 Å². The van der Waals surface area contributed by atoms with Gasteiger partial charge >= 0.3 is 0 Å². The van der Waals surface area contributed by atoms with E-state index in [2.05, 4.69) is 62.6 Å². The predicted molar refractivity (Wildman–Crippen MR) is 122 cm³/mol. The molecule has 1 atom stereocenters. The van der Waals surface area contributed by atoms with Gasteiger partial charge in [-0.15, -0.1) is 0 Å². The second-order valence-corrected chi connectivity index (χ2v) is 10.4. The van der Waals surface area contributed by atoms with Crippen molar-refractivity contribution in [1.82, 2.24) is 9.62 Å². The molecule has 2 aromatic carbocycles. The summed E-state index contributed by atoms with van der Waals surface area (Å²) in [5.41, 5.74) is 3.00. The Morgan fingerprint density at radius 3 is 1.90 bits per heavy atom. The zero-order valence-corrected chi connectivity index (χ0v) is 19.5. The molecule has 0 saturated carbocycles. The third-order valence-electron chi connectivity index (χ3n) is 5.03. The van der Waals surface area contributed by atoms with Crippen molar-refractivity contribution in [1.29, 1.82) is 0 Å². The molecule has 0 unspecified atom stereocenters. The number of carbonyl (C=O) groups excluding carboxylic acids is 1. The number of nitrogens with one attached hydrogen (secondary N) is 2. The lowest BCUT2D eigenvalue weighted by Gasteiger charge is -2.23. The van der Waals surface area contributed by atoms with Gasteiger partial charge in [-0.25, -0.2) is 12.7 Å². The minimum absolute atomic E-state index is 0.0598. The summed E-state index contributed by atoms with van der Waals surface area (Å²) >= 11 is 0. The van der Waals surface area contributed by atoms with E-state index >= 15 is 0 Å². The zero-order valence-electron chi connectivity index (χ0n) is 18.6. The zero-order chi connectivity index (χ0) is 22.5. The fourth-order valence-corrected chi connectivity index (χ4v) is 4.06. The highest BCUT2D eigenvalue weighted by Crippen LogP contribution is 2.24. The van der Waals surface area contributed by atoms with E-state index in [4.69, 9.17) is 0 Å². The molecule has 0 spiro atoms. The number of rotatable bonds is 9. The van der Waals surface area contributed by atoms with E-state index in [1.807, 2.05) is 0 Å². The molecule has 0 aromatic heterocycles. The van der Waals surface area contributed by atoms with Crippen molar-refractivity contribution >= 4 is 21.6 Å². The normalized spacial score (nSPS) is 13.1. The Bertz CT molecular complexity index is 935. The van der Waals surface area contributed by atoms with Crippen LogP contribution in [0.3, 0.4) is 0 Å². The van der Waals surface area contributed by atoms with Gasteiger partial charge in [-0.2, -0.15) is 0 Å². The summed E-state index contributed by atoms with van der Waals surface area (Å²) in [5, 5.41) is 6.15. The van der Waals surface area contributed by atoms with Gasteiger partial charge < -0.3 is 10.6 Å². The molecule has 164 valence electrons. The van der Waals surface area contributed by atoms with E-state index in [-0.39, 0.29) is 23.4 Å².